The van der Waals surface area contributed by atoms with Gasteiger partial charge in [-0.3, -0.25) is 0 Å². The van der Waals surface area contributed by atoms with E-state index in [0.29, 0.717) is 0 Å². The second kappa shape index (κ2) is 8.83. The zero-order valence-electron chi connectivity index (χ0n) is 16.5. The van der Waals surface area contributed by atoms with Gasteiger partial charge in [0.25, 0.3) is 0 Å². The molecule has 0 radical (unpaired) electrons. The van der Waals surface area contributed by atoms with Crippen LogP contribution >= 0.6 is 0 Å². The first-order valence-corrected chi connectivity index (χ1v) is 8.80. The Morgan fingerprint density at radius 2 is 0.645 bits per heavy atom. The second-order valence-corrected chi connectivity index (χ2v) is 6.49. The summed E-state index contributed by atoms with van der Waals surface area (Å²) < 4.78 is 100. The van der Waals surface area contributed by atoms with Gasteiger partial charge in [0, 0.05) is 0 Å². The minimum Gasteiger partial charge on any atom is -0.491 e. The molecule has 0 bridgehead atoms. The van der Waals surface area contributed by atoms with Crippen LogP contribution < -0.4 is 30.6 Å². The fourth-order valence-corrected chi connectivity index (χ4v) is 3.40. The van der Waals surface area contributed by atoms with Gasteiger partial charge in [0.05, 0.1) is 21.3 Å². The van der Waals surface area contributed by atoms with Crippen LogP contribution in [0.15, 0.2) is 36.4 Å². The molecule has 3 rings (SSSR count). The molecule has 0 amide bonds. The highest BCUT2D eigenvalue weighted by atomic mass is 19.2. The van der Waals surface area contributed by atoms with Crippen LogP contribution in [0.1, 0.15) is 0 Å². The SMILES string of the molecule is COc1c(F)cc(B(c2cc(F)c(OC)c(F)c2)c2cc(F)c(OC)c(F)c2)cc1F. The normalized spacial score (nSPS) is 10.7. The molecular weight excluding hydrogens is 425 g/mol. The van der Waals surface area contributed by atoms with Crippen molar-refractivity contribution in [3.8, 4) is 17.2 Å². The lowest BCUT2D eigenvalue weighted by Crippen LogP contribution is -2.53. The smallest absolute Gasteiger partial charge is 0.242 e. The van der Waals surface area contributed by atoms with Crippen LogP contribution in [0.4, 0.5) is 26.3 Å². The summed E-state index contributed by atoms with van der Waals surface area (Å²) in [6.45, 7) is -1.35. The molecule has 0 aliphatic carbocycles. The Bertz CT molecular complexity index is 928. The standard InChI is InChI=1S/C21H15BF6O3/c1-29-19-13(23)4-10(5-14(19)24)22(11-6-15(25)20(30-2)16(26)7-11)12-8-17(27)21(31-3)18(28)9-12/h4-9H,1-3H3. The summed E-state index contributed by atoms with van der Waals surface area (Å²) in [7, 11) is 3.17. The molecule has 162 valence electrons. The second-order valence-electron chi connectivity index (χ2n) is 6.49. The molecule has 3 aromatic carbocycles. The lowest BCUT2D eigenvalue weighted by atomic mass is 9.36. The first-order valence-electron chi connectivity index (χ1n) is 8.80. The molecule has 0 atom stereocenters. The summed E-state index contributed by atoms with van der Waals surface area (Å²) in [4.78, 5) is 0. The van der Waals surface area contributed by atoms with Gasteiger partial charge in [0.15, 0.2) is 52.2 Å². The quantitative estimate of drug-likeness (QED) is 0.436. The van der Waals surface area contributed by atoms with E-state index < -0.39 is 58.9 Å². The fraction of sp³-hybridized carbons (Fsp3) is 0.143. The first kappa shape index (κ1) is 22.4. The average Bonchev–Trinajstić information content (AvgIpc) is 2.67. The highest BCUT2D eigenvalue weighted by molar-refractivity contribution is 6.95. The van der Waals surface area contributed by atoms with Crippen molar-refractivity contribution in [2.75, 3.05) is 21.3 Å². The number of ether oxygens (including phenoxy) is 3. The number of benzene rings is 3. The Balaban J connectivity index is 2.31. The topological polar surface area (TPSA) is 27.7 Å². The van der Waals surface area contributed by atoms with Gasteiger partial charge in [-0.2, -0.15) is 0 Å². The van der Waals surface area contributed by atoms with Gasteiger partial charge >= 0.3 is 0 Å². The molecule has 0 saturated carbocycles. The lowest BCUT2D eigenvalue weighted by molar-refractivity contribution is 0.360. The van der Waals surface area contributed by atoms with Crippen molar-refractivity contribution in [3.05, 3.63) is 71.3 Å². The molecule has 0 N–H and O–H groups in total. The Morgan fingerprint density at radius 3 is 0.806 bits per heavy atom. The first-order chi connectivity index (χ1) is 14.7. The van der Waals surface area contributed by atoms with Gasteiger partial charge in [-0.1, -0.05) is 16.4 Å². The van der Waals surface area contributed by atoms with Gasteiger partial charge in [0.1, 0.15) is 0 Å². The van der Waals surface area contributed by atoms with Crippen molar-refractivity contribution < 1.29 is 40.6 Å². The molecule has 3 nitrogen and oxygen atoms in total. The molecule has 31 heavy (non-hydrogen) atoms. The summed E-state index contributed by atoms with van der Waals surface area (Å²) in [5.74, 6) is -8.67. The van der Waals surface area contributed by atoms with E-state index in [1.807, 2.05) is 0 Å². The maximum atomic E-state index is 14.4. The minimum atomic E-state index is -1.35. The van der Waals surface area contributed by atoms with Gasteiger partial charge in [-0.25, -0.2) is 26.3 Å². The number of halogens is 6. The van der Waals surface area contributed by atoms with E-state index in [2.05, 4.69) is 14.2 Å². The largest absolute Gasteiger partial charge is 0.491 e. The van der Waals surface area contributed by atoms with Crippen molar-refractivity contribution >= 4 is 23.1 Å². The predicted octanol–water partition coefficient (Wildman–Crippen LogP) is 3.06. The van der Waals surface area contributed by atoms with Crippen LogP contribution in [-0.2, 0) is 0 Å². The number of methoxy groups -OCH3 is 3. The van der Waals surface area contributed by atoms with E-state index in [9.17, 15) is 26.3 Å². The van der Waals surface area contributed by atoms with E-state index in [1.54, 1.807) is 0 Å². The summed E-state index contributed by atoms with van der Waals surface area (Å²) in [5.41, 5.74) is -0.490. The molecule has 0 saturated heterocycles. The van der Waals surface area contributed by atoms with E-state index >= 15 is 0 Å². The molecule has 10 heteroatoms. The molecule has 0 aliphatic rings. The van der Waals surface area contributed by atoms with E-state index in [4.69, 9.17) is 0 Å². The third kappa shape index (κ3) is 4.15. The Labute approximate surface area is 174 Å². The Hall–Kier alpha value is -3.30. The van der Waals surface area contributed by atoms with Crippen molar-refractivity contribution in [2.45, 2.75) is 0 Å². The van der Waals surface area contributed by atoms with Crippen LogP contribution in [-0.4, -0.2) is 28.0 Å². The maximum absolute atomic E-state index is 14.4. The minimum absolute atomic E-state index is 0.163. The van der Waals surface area contributed by atoms with Crippen molar-refractivity contribution in [1.29, 1.82) is 0 Å². The van der Waals surface area contributed by atoms with Gasteiger partial charge in [-0.05, 0) is 36.4 Å². The third-order valence-corrected chi connectivity index (χ3v) is 4.67. The number of rotatable bonds is 6. The number of hydrogen-bond acceptors (Lipinski definition) is 3. The van der Waals surface area contributed by atoms with Crippen molar-refractivity contribution in [3.63, 3.8) is 0 Å². The highest BCUT2D eigenvalue weighted by Gasteiger charge is 2.29. The van der Waals surface area contributed by atoms with E-state index in [0.717, 1.165) is 57.7 Å². The summed E-state index contributed by atoms with van der Waals surface area (Å²) in [6.07, 6.45) is 0. The molecule has 0 aromatic heterocycles. The van der Waals surface area contributed by atoms with Gasteiger partial charge in [0.2, 0.25) is 6.71 Å². The highest BCUT2D eigenvalue weighted by Crippen LogP contribution is 2.23. The molecule has 0 aliphatic heterocycles. The van der Waals surface area contributed by atoms with Crippen LogP contribution in [0.25, 0.3) is 0 Å². The van der Waals surface area contributed by atoms with Crippen molar-refractivity contribution in [1.82, 2.24) is 0 Å². The fourth-order valence-electron chi connectivity index (χ4n) is 3.40. The van der Waals surface area contributed by atoms with Gasteiger partial charge in [-0.15, -0.1) is 0 Å². The van der Waals surface area contributed by atoms with Crippen LogP contribution in [0.2, 0.25) is 0 Å². The Morgan fingerprint density at radius 1 is 0.452 bits per heavy atom. The summed E-state index contributed by atoms with van der Waals surface area (Å²) in [6, 6.07) is 5.12. The summed E-state index contributed by atoms with van der Waals surface area (Å²) in [5, 5.41) is 0. The van der Waals surface area contributed by atoms with E-state index in [1.165, 1.54) is 0 Å². The summed E-state index contributed by atoms with van der Waals surface area (Å²) >= 11 is 0. The molecule has 0 fully saturated rings. The predicted molar refractivity (Wildman–Crippen MR) is 103 cm³/mol. The number of hydrogen-bond donors (Lipinski definition) is 0. The monoisotopic (exact) mass is 440 g/mol. The molecule has 3 aromatic rings. The zero-order chi connectivity index (χ0) is 22.9. The van der Waals surface area contributed by atoms with Crippen LogP contribution in [0.3, 0.4) is 0 Å². The zero-order valence-corrected chi connectivity index (χ0v) is 16.5. The molecule has 0 heterocycles. The lowest BCUT2D eigenvalue weighted by Gasteiger charge is -2.19. The Kier molecular flexibility index (Phi) is 6.38. The third-order valence-electron chi connectivity index (χ3n) is 4.67. The van der Waals surface area contributed by atoms with Crippen molar-refractivity contribution in [2.24, 2.45) is 0 Å². The molecule has 0 unspecified atom stereocenters. The van der Waals surface area contributed by atoms with E-state index in [-0.39, 0.29) is 16.4 Å². The average molecular weight is 440 g/mol. The van der Waals surface area contributed by atoms with Gasteiger partial charge < -0.3 is 14.2 Å². The molecule has 0 spiro atoms. The van der Waals surface area contributed by atoms with Crippen LogP contribution in [0, 0.1) is 34.9 Å². The van der Waals surface area contributed by atoms with Crippen LogP contribution in [0.5, 0.6) is 17.2 Å². The molecular formula is C21H15BF6O3. The maximum Gasteiger partial charge on any atom is 0.242 e.